The lowest BCUT2D eigenvalue weighted by atomic mass is 10.0. The van der Waals surface area contributed by atoms with Gasteiger partial charge in [0.05, 0.1) is 5.69 Å². The third-order valence-electron chi connectivity index (χ3n) is 4.10. The first-order valence-corrected chi connectivity index (χ1v) is 10.3. The summed E-state index contributed by atoms with van der Waals surface area (Å²) in [6.45, 7) is 11.0. The second-order valence-corrected chi connectivity index (χ2v) is 8.35. The van der Waals surface area contributed by atoms with Crippen molar-refractivity contribution in [2.45, 2.75) is 63.6 Å². The van der Waals surface area contributed by atoms with Crippen LogP contribution >= 0.6 is 23.5 Å². The number of thioether (sulfide) groups is 2. The Morgan fingerprint density at radius 2 is 2.10 bits per heavy atom. The van der Waals surface area contributed by atoms with Gasteiger partial charge in [-0.1, -0.05) is 20.8 Å². The Balaban J connectivity index is 2.13. The summed E-state index contributed by atoms with van der Waals surface area (Å²) in [5.41, 5.74) is 2.62. The molecule has 1 aliphatic heterocycles. The van der Waals surface area contributed by atoms with Crippen molar-refractivity contribution >= 4 is 23.5 Å². The van der Waals surface area contributed by atoms with E-state index in [0.717, 1.165) is 31.2 Å². The minimum absolute atomic E-state index is 0.550. The highest BCUT2D eigenvalue weighted by atomic mass is 32.2. The molecule has 120 valence electrons. The Bertz CT molecular complexity index is 433. The van der Waals surface area contributed by atoms with Crippen LogP contribution in [0, 0.1) is 0 Å². The van der Waals surface area contributed by atoms with E-state index in [9.17, 15) is 0 Å². The van der Waals surface area contributed by atoms with Gasteiger partial charge in [-0.25, -0.2) is 0 Å². The van der Waals surface area contributed by atoms with Crippen LogP contribution < -0.4 is 5.32 Å². The normalized spacial score (nSPS) is 24.2. The fraction of sp³-hybridized carbons (Fsp3) is 0.812. The zero-order valence-electron chi connectivity index (χ0n) is 13.8. The minimum Gasteiger partial charge on any atom is -0.313 e. The molecule has 0 radical (unpaired) electrons. The van der Waals surface area contributed by atoms with Crippen LogP contribution in [-0.4, -0.2) is 44.4 Å². The molecule has 0 saturated carbocycles. The summed E-state index contributed by atoms with van der Waals surface area (Å²) in [5.74, 6) is 2.59. The largest absolute Gasteiger partial charge is 0.313 e. The summed E-state index contributed by atoms with van der Waals surface area (Å²) in [7, 11) is 0. The van der Waals surface area contributed by atoms with Crippen LogP contribution in [-0.2, 0) is 19.4 Å². The van der Waals surface area contributed by atoms with Crippen LogP contribution in [0.1, 0.15) is 39.1 Å². The van der Waals surface area contributed by atoms with E-state index < -0.39 is 0 Å². The van der Waals surface area contributed by atoms with E-state index in [1.165, 1.54) is 22.9 Å². The Morgan fingerprint density at radius 1 is 1.33 bits per heavy atom. The monoisotopic (exact) mass is 327 g/mol. The standard InChI is InChI=1S/C16H29N3S2/c1-5-13-10-14(19(7-3)18-13)11-15(17-6-2)16-12(4)20-8-9-21-16/h10,12,15-17H,5-9,11H2,1-4H3. The molecule has 3 atom stereocenters. The molecule has 0 spiro atoms. The molecule has 3 nitrogen and oxygen atoms in total. The van der Waals surface area contributed by atoms with Crippen molar-refractivity contribution in [3.05, 3.63) is 17.5 Å². The number of likely N-dealkylation sites (N-methyl/N-ethyl adjacent to an activating group) is 1. The summed E-state index contributed by atoms with van der Waals surface area (Å²) < 4.78 is 2.19. The second-order valence-electron chi connectivity index (χ2n) is 5.58. The van der Waals surface area contributed by atoms with E-state index in [1.54, 1.807) is 0 Å². The molecule has 3 unspecified atom stereocenters. The van der Waals surface area contributed by atoms with Crippen LogP contribution in [0.25, 0.3) is 0 Å². The third kappa shape index (κ3) is 4.42. The summed E-state index contributed by atoms with van der Waals surface area (Å²) in [6, 6.07) is 2.86. The molecular formula is C16H29N3S2. The predicted octanol–water partition coefficient (Wildman–Crippen LogP) is 3.22. The van der Waals surface area contributed by atoms with Gasteiger partial charge in [0, 0.05) is 46.7 Å². The molecule has 0 aromatic carbocycles. The van der Waals surface area contributed by atoms with E-state index in [-0.39, 0.29) is 0 Å². The second kappa shape index (κ2) is 8.49. The molecule has 1 N–H and O–H groups in total. The van der Waals surface area contributed by atoms with Crippen molar-refractivity contribution in [2.75, 3.05) is 18.1 Å². The van der Waals surface area contributed by atoms with E-state index >= 15 is 0 Å². The summed E-state index contributed by atoms with van der Waals surface area (Å²) in [6.07, 6.45) is 2.12. The zero-order chi connectivity index (χ0) is 15.2. The van der Waals surface area contributed by atoms with Crippen molar-refractivity contribution in [1.29, 1.82) is 0 Å². The van der Waals surface area contributed by atoms with Crippen LogP contribution in [0.5, 0.6) is 0 Å². The van der Waals surface area contributed by atoms with Gasteiger partial charge in [-0.3, -0.25) is 4.68 Å². The highest BCUT2D eigenvalue weighted by Gasteiger charge is 2.30. The van der Waals surface area contributed by atoms with Gasteiger partial charge in [-0.2, -0.15) is 28.6 Å². The van der Waals surface area contributed by atoms with E-state index in [4.69, 9.17) is 5.10 Å². The van der Waals surface area contributed by atoms with Crippen molar-refractivity contribution in [3.8, 4) is 0 Å². The number of nitrogens with one attached hydrogen (secondary N) is 1. The fourth-order valence-electron chi connectivity index (χ4n) is 3.01. The van der Waals surface area contributed by atoms with Crippen LogP contribution in [0.4, 0.5) is 0 Å². The van der Waals surface area contributed by atoms with E-state index in [0.29, 0.717) is 11.3 Å². The molecule has 0 aliphatic carbocycles. The number of nitrogens with zero attached hydrogens (tertiary/aromatic N) is 2. The van der Waals surface area contributed by atoms with Crippen LogP contribution in [0.2, 0.25) is 0 Å². The quantitative estimate of drug-likeness (QED) is 0.833. The lowest BCUT2D eigenvalue weighted by molar-refractivity contribution is 0.479. The van der Waals surface area contributed by atoms with Gasteiger partial charge < -0.3 is 5.32 Å². The van der Waals surface area contributed by atoms with Crippen LogP contribution in [0.15, 0.2) is 6.07 Å². The number of rotatable bonds is 7. The van der Waals surface area contributed by atoms with Crippen molar-refractivity contribution in [1.82, 2.24) is 15.1 Å². The maximum Gasteiger partial charge on any atom is 0.0624 e. The summed E-state index contributed by atoms with van der Waals surface area (Å²) in [5, 5.41) is 9.87. The molecule has 2 rings (SSSR count). The summed E-state index contributed by atoms with van der Waals surface area (Å²) in [4.78, 5) is 0. The maximum absolute atomic E-state index is 4.70. The highest BCUT2D eigenvalue weighted by Crippen LogP contribution is 2.34. The van der Waals surface area contributed by atoms with Gasteiger partial charge >= 0.3 is 0 Å². The first-order chi connectivity index (χ1) is 10.2. The van der Waals surface area contributed by atoms with Crippen molar-refractivity contribution in [2.24, 2.45) is 0 Å². The molecule has 1 aromatic rings. The topological polar surface area (TPSA) is 29.9 Å². The first-order valence-electron chi connectivity index (χ1n) is 8.21. The Hall–Kier alpha value is -0.130. The average Bonchev–Trinajstić information content (AvgIpc) is 2.89. The maximum atomic E-state index is 4.70. The van der Waals surface area contributed by atoms with Crippen LogP contribution in [0.3, 0.4) is 0 Å². The molecule has 5 heteroatoms. The highest BCUT2D eigenvalue weighted by molar-refractivity contribution is 8.07. The number of aromatic nitrogens is 2. The molecule has 1 saturated heterocycles. The predicted molar refractivity (Wildman–Crippen MR) is 96.6 cm³/mol. The summed E-state index contributed by atoms with van der Waals surface area (Å²) >= 11 is 4.28. The smallest absolute Gasteiger partial charge is 0.0624 e. The number of hydrogen-bond donors (Lipinski definition) is 1. The number of hydrogen-bond acceptors (Lipinski definition) is 4. The van der Waals surface area contributed by atoms with Gasteiger partial charge in [-0.05, 0) is 26.0 Å². The van der Waals surface area contributed by atoms with E-state index in [2.05, 4.69) is 67.3 Å². The molecule has 1 aromatic heterocycles. The number of aryl methyl sites for hydroxylation is 2. The molecule has 2 heterocycles. The molecule has 0 amide bonds. The van der Waals surface area contributed by atoms with Gasteiger partial charge in [0.25, 0.3) is 0 Å². The lowest BCUT2D eigenvalue weighted by Crippen LogP contribution is -2.46. The first kappa shape index (κ1) is 17.2. The SMILES string of the molecule is CCNC(Cc1cc(CC)nn1CC)C1SCCSC1C. The van der Waals surface area contributed by atoms with Crippen molar-refractivity contribution in [3.63, 3.8) is 0 Å². The van der Waals surface area contributed by atoms with E-state index in [1.807, 2.05) is 0 Å². The molecule has 1 aliphatic rings. The zero-order valence-corrected chi connectivity index (χ0v) is 15.4. The molecular weight excluding hydrogens is 298 g/mol. The Kier molecular flexibility index (Phi) is 6.96. The average molecular weight is 328 g/mol. The Labute approximate surface area is 138 Å². The van der Waals surface area contributed by atoms with Crippen molar-refractivity contribution < 1.29 is 0 Å². The fourth-order valence-corrected chi connectivity index (χ4v) is 5.97. The van der Waals surface area contributed by atoms with Gasteiger partial charge in [0.1, 0.15) is 0 Å². The van der Waals surface area contributed by atoms with Gasteiger partial charge in [0.2, 0.25) is 0 Å². The lowest BCUT2D eigenvalue weighted by Gasteiger charge is -2.35. The van der Waals surface area contributed by atoms with Gasteiger partial charge in [0.15, 0.2) is 0 Å². The van der Waals surface area contributed by atoms with Gasteiger partial charge in [-0.15, -0.1) is 0 Å². The molecule has 1 fully saturated rings. The minimum atomic E-state index is 0.550. The molecule has 21 heavy (non-hydrogen) atoms. The third-order valence-corrected chi connectivity index (χ3v) is 7.36. The Morgan fingerprint density at radius 3 is 2.71 bits per heavy atom. The molecule has 0 bridgehead atoms.